The van der Waals surface area contributed by atoms with E-state index < -0.39 is 0 Å². The molecule has 0 spiro atoms. The number of nitrogens with one attached hydrogen (secondary N) is 1. The molecule has 0 radical (unpaired) electrons. The smallest absolute Gasteiger partial charge is 0.227 e. The molecule has 158 valence electrons. The van der Waals surface area contributed by atoms with Crippen molar-refractivity contribution in [3.05, 3.63) is 23.8 Å². The lowest BCUT2D eigenvalue weighted by Gasteiger charge is -2.20. The second-order valence-corrected chi connectivity index (χ2v) is 7.44. The van der Waals surface area contributed by atoms with Gasteiger partial charge in [0.1, 0.15) is 0 Å². The van der Waals surface area contributed by atoms with E-state index in [0.717, 1.165) is 19.3 Å². The minimum absolute atomic E-state index is 0.0651. The van der Waals surface area contributed by atoms with Crippen molar-refractivity contribution in [1.82, 2.24) is 5.32 Å². The summed E-state index contributed by atoms with van der Waals surface area (Å²) >= 11 is 0. The average molecular weight is 402 g/mol. The van der Waals surface area contributed by atoms with Crippen LogP contribution in [0.25, 0.3) is 0 Å². The van der Waals surface area contributed by atoms with Gasteiger partial charge in [-0.15, -0.1) is 0 Å². The zero-order chi connectivity index (χ0) is 20.8. The summed E-state index contributed by atoms with van der Waals surface area (Å²) in [5.74, 6) is 0.907. The zero-order valence-electron chi connectivity index (χ0n) is 17.5. The number of methoxy groups -OCH3 is 3. The Balaban J connectivity index is 1.63. The van der Waals surface area contributed by atoms with Gasteiger partial charge in [0.15, 0.2) is 11.5 Å². The van der Waals surface area contributed by atoms with Crippen molar-refractivity contribution in [3.8, 4) is 17.2 Å². The van der Waals surface area contributed by atoms with Crippen LogP contribution in [-0.4, -0.2) is 46.2 Å². The summed E-state index contributed by atoms with van der Waals surface area (Å²) in [5, 5.41) is 3.00. The number of amides is 2. The number of rotatable bonds is 8. The largest absolute Gasteiger partial charge is 0.493 e. The predicted octanol–water partition coefficient (Wildman–Crippen LogP) is 3.07. The van der Waals surface area contributed by atoms with Crippen LogP contribution in [0.3, 0.4) is 0 Å². The maximum atomic E-state index is 12.6. The van der Waals surface area contributed by atoms with Crippen LogP contribution in [0.1, 0.15) is 38.5 Å². The summed E-state index contributed by atoms with van der Waals surface area (Å²) < 4.78 is 16.1. The minimum atomic E-state index is -0.359. The molecule has 1 saturated heterocycles. The van der Waals surface area contributed by atoms with Gasteiger partial charge in [0.25, 0.3) is 0 Å². The number of hydrogen-bond donors (Lipinski definition) is 1. The third-order valence-corrected chi connectivity index (χ3v) is 5.59. The predicted molar refractivity (Wildman–Crippen MR) is 111 cm³/mol. The molecule has 0 bridgehead atoms. The maximum Gasteiger partial charge on any atom is 0.227 e. The van der Waals surface area contributed by atoms with Crippen LogP contribution in [0.4, 0.5) is 5.69 Å². The Morgan fingerprint density at radius 3 is 2.45 bits per heavy atom. The van der Waals surface area contributed by atoms with Crippen LogP contribution >= 0.6 is 0 Å². The van der Waals surface area contributed by atoms with E-state index in [2.05, 4.69) is 11.4 Å². The average Bonchev–Trinajstić information content (AvgIpc) is 3.15. The lowest BCUT2D eigenvalue weighted by molar-refractivity contribution is -0.126. The summed E-state index contributed by atoms with van der Waals surface area (Å²) in [7, 11) is 4.60. The Bertz CT molecular complexity index is 764. The molecule has 1 aliphatic carbocycles. The van der Waals surface area contributed by atoms with Gasteiger partial charge in [-0.3, -0.25) is 9.59 Å². The molecule has 1 heterocycles. The molecule has 1 aromatic carbocycles. The fourth-order valence-corrected chi connectivity index (χ4v) is 3.98. The highest BCUT2D eigenvalue weighted by atomic mass is 16.5. The van der Waals surface area contributed by atoms with Crippen LogP contribution in [-0.2, 0) is 9.59 Å². The van der Waals surface area contributed by atoms with Crippen LogP contribution < -0.4 is 24.4 Å². The summed E-state index contributed by atoms with van der Waals surface area (Å²) in [4.78, 5) is 26.8. The first kappa shape index (κ1) is 21.0. The summed E-state index contributed by atoms with van der Waals surface area (Å²) in [6.07, 6.45) is 8.16. The zero-order valence-corrected chi connectivity index (χ0v) is 17.5. The van der Waals surface area contributed by atoms with Crippen molar-refractivity contribution < 1.29 is 23.8 Å². The van der Waals surface area contributed by atoms with Gasteiger partial charge in [0.2, 0.25) is 17.6 Å². The summed E-state index contributed by atoms with van der Waals surface area (Å²) in [6, 6.07) is 3.46. The van der Waals surface area contributed by atoms with Gasteiger partial charge >= 0.3 is 0 Å². The maximum absolute atomic E-state index is 12.6. The van der Waals surface area contributed by atoms with Crippen molar-refractivity contribution in [2.75, 3.05) is 39.3 Å². The molecule has 7 heteroatoms. The lowest BCUT2D eigenvalue weighted by Crippen LogP contribution is -2.33. The molecule has 1 fully saturated rings. The van der Waals surface area contributed by atoms with Gasteiger partial charge in [0.05, 0.1) is 32.9 Å². The molecule has 7 nitrogen and oxygen atoms in total. The fraction of sp³-hybridized carbons (Fsp3) is 0.545. The van der Waals surface area contributed by atoms with Gasteiger partial charge in [-0.05, 0) is 32.1 Å². The van der Waals surface area contributed by atoms with Crippen molar-refractivity contribution in [1.29, 1.82) is 0 Å². The third-order valence-electron chi connectivity index (χ3n) is 5.59. The molecule has 0 aromatic heterocycles. The van der Waals surface area contributed by atoms with Crippen molar-refractivity contribution in [2.24, 2.45) is 5.92 Å². The van der Waals surface area contributed by atoms with E-state index in [1.54, 1.807) is 17.0 Å². The Kier molecular flexibility index (Phi) is 7.01. The molecular weight excluding hydrogens is 372 g/mol. The first-order valence-corrected chi connectivity index (χ1v) is 10.1. The van der Waals surface area contributed by atoms with E-state index in [-0.39, 0.29) is 24.2 Å². The second-order valence-electron chi connectivity index (χ2n) is 7.44. The molecule has 0 saturated carbocycles. The molecule has 2 aliphatic rings. The Labute approximate surface area is 172 Å². The molecule has 1 aliphatic heterocycles. The Hall–Kier alpha value is -2.70. The highest BCUT2D eigenvalue weighted by molar-refractivity contribution is 6.00. The van der Waals surface area contributed by atoms with E-state index in [1.807, 2.05) is 0 Å². The molecule has 29 heavy (non-hydrogen) atoms. The first-order valence-electron chi connectivity index (χ1n) is 10.1. The normalized spacial score (nSPS) is 19.0. The number of ether oxygens (including phenoxy) is 3. The van der Waals surface area contributed by atoms with Crippen molar-refractivity contribution in [2.45, 2.75) is 38.5 Å². The van der Waals surface area contributed by atoms with Gasteiger partial charge in [0, 0.05) is 31.6 Å². The van der Waals surface area contributed by atoms with Gasteiger partial charge in [-0.2, -0.15) is 0 Å². The number of allylic oxidation sites excluding steroid dienone is 1. The number of carbonyl (C=O) groups excluding carboxylic acids is 2. The Morgan fingerprint density at radius 2 is 1.86 bits per heavy atom. The lowest BCUT2D eigenvalue weighted by atomic mass is 9.97. The quantitative estimate of drug-likeness (QED) is 0.676. The fourth-order valence-electron chi connectivity index (χ4n) is 3.98. The SMILES string of the molecule is COc1cc(N2CC(C(=O)NCCC3=CCCCC3)CC2=O)cc(OC)c1OC. The first-order chi connectivity index (χ1) is 14.1. The molecular formula is C22H30N2O5. The standard InChI is InChI=1S/C22H30N2O5/c1-27-18-12-17(13-19(28-2)21(18)29-3)24-14-16(11-20(24)25)22(26)23-10-9-15-7-5-4-6-8-15/h7,12-13,16H,4-6,8-11,14H2,1-3H3,(H,23,26). The topological polar surface area (TPSA) is 77.1 Å². The Morgan fingerprint density at radius 1 is 1.14 bits per heavy atom. The third kappa shape index (κ3) is 4.83. The molecule has 3 rings (SSSR count). The monoisotopic (exact) mass is 402 g/mol. The van der Waals surface area contributed by atoms with E-state index >= 15 is 0 Å². The van der Waals surface area contributed by atoms with E-state index in [0.29, 0.717) is 36.0 Å². The van der Waals surface area contributed by atoms with Crippen molar-refractivity contribution in [3.63, 3.8) is 0 Å². The minimum Gasteiger partial charge on any atom is -0.493 e. The number of carbonyl (C=O) groups is 2. The van der Waals surface area contributed by atoms with Crippen LogP contribution in [0.5, 0.6) is 17.2 Å². The molecule has 1 atom stereocenters. The number of nitrogens with zero attached hydrogens (tertiary/aromatic N) is 1. The number of hydrogen-bond acceptors (Lipinski definition) is 5. The highest BCUT2D eigenvalue weighted by Crippen LogP contribution is 2.42. The van der Waals surface area contributed by atoms with Gasteiger partial charge in [-0.1, -0.05) is 11.6 Å². The van der Waals surface area contributed by atoms with Crippen LogP contribution in [0.2, 0.25) is 0 Å². The van der Waals surface area contributed by atoms with Gasteiger partial charge < -0.3 is 24.4 Å². The summed E-state index contributed by atoms with van der Waals surface area (Å²) in [6.45, 7) is 0.964. The highest BCUT2D eigenvalue weighted by Gasteiger charge is 2.35. The second kappa shape index (κ2) is 9.67. The molecule has 2 amide bonds. The van der Waals surface area contributed by atoms with E-state index in [9.17, 15) is 9.59 Å². The summed E-state index contributed by atoms with van der Waals surface area (Å²) in [5.41, 5.74) is 2.06. The van der Waals surface area contributed by atoms with Crippen molar-refractivity contribution >= 4 is 17.5 Å². The molecule has 1 N–H and O–H groups in total. The van der Waals surface area contributed by atoms with E-state index in [4.69, 9.17) is 14.2 Å². The molecule has 1 aromatic rings. The number of benzene rings is 1. The van der Waals surface area contributed by atoms with Gasteiger partial charge in [-0.25, -0.2) is 0 Å². The number of anilines is 1. The van der Waals surface area contributed by atoms with Crippen LogP contribution in [0, 0.1) is 5.92 Å². The van der Waals surface area contributed by atoms with Crippen LogP contribution in [0.15, 0.2) is 23.8 Å². The molecule has 1 unspecified atom stereocenters. The van der Waals surface area contributed by atoms with E-state index in [1.165, 1.54) is 39.7 Å².